The highest BCUT2D eigenvalue weighted by Crippen LogP contribution is 2.28. The normalized spacial score (nSPS) is 23.6. The highest BCUT2D eigenvalue weighted by Gasteiger charge is 2.25. The molecule has 0 aromatic carbocycles. The first-order valence-electron chi connectivity index (χ1n) is 7.91. The molecule has 0 unspecified atom stereocenters. The monoisotopic (exact) mass is 269 g/mol. The van der Waals surface area contributed by atoms with Crippen LogP contribution in [0.15, 0.2) is 0 Å². The van der Waals surface area contributed by atoms with Gasteiger partial charge in [-0.3, -0.25) is 4.79 Å². The SMILES string of the molecule is CCN(CC)CCCNC(=O)C1CCC(CN)CC1. The molecular formula is C15H31N3O. The van der Waals surface area contributed by atoms with Crippen molar-refractivity contribution in [2.75, 3.05) is 32.7 Å². The number of nitrogens with one attached hydrogen (secondary N) is 1. The van der Waals surface area contributed by atoms with Crippen molar-refractivity contribution in [3.05, 3.63) is 0 Å². The smallest absolute Gasteiger partial charge is 0.223 e. The maximum absolute atomic E-state index is 12.0. The Bertz CT molecular complexity index is 246. The lowest BCUT2D eigenvalue weighted by atomic mass is 9.81. The number of amides is 1. The Labute approximate surface area is 118 Å². The molecule has 1 amide bonds. The summed E-state index contributed by atoms with van der Waals surface area (Å²) in [5, 5.41) is 3.09. The first-order chi connectivity index (χ1) is 9.21. The Morgan fingerprint density at radius 1 is 1.21 bits per heavy atom. The van der Waals surface area contributed by atoms with Crippen LogP contribution in [0.3, 0.4) is 0 Å². The molecule has 1 aliphatic rings. The topological polar surface area (TPSA) is 58.4 Å². The fourth-order valence-corrected chi connectivity index (χ4v) is 2.86. The molecule has 3 N–H and O–H groups in total. The van der Waals surface area contributed by atoms with E-state index in [9.17, 15) is 4.79 Å². The lowest BCUT2D eigenvalue weighted by molar-refractivity contribution is -0.126. The van der Waals surface area contributed by atoms with Crippen LogP contribution in [0, 0.1) is 11.8 Å². The standard InChI is InChI=1S/C15H31N3O/c1-3-18(4-2)11-5-10-17-15(19)14-8-6-13(12-16)7-9-14/h13-14H,3-12,16H2,1-2H3,(H,17,19). The van der Waals surface area contributed by atoms with Gasteiger partial charge in [0, 0.05) is 12.5 Å². The van der Waals surface area contributed by atoms with Gasteiger partial charge in [0.2, 0.25) is 5.91 Å². The van der Waals surface area contributed by atoms with Crippen LogP contribution in [-0.4, -0.2) is 43.5 Å². The van der Waals surface area contributed by atoms with Crippen molar-refractivity contribution in [2.24, 2.45) is 17.6 Å². The van der Waals surface area contributed by atoms with Crippen LogP contribution in [-0.2, 0) is 4.79 Å². The summed E-state index contributed by atoms with van der Waals surface area (Å²) in [6.45, 7) is 9.20. The summed E-state index contributed by atoms with van der Waals surface area (Å²) in [5.41, 5.74) is 5.67. The van der Waals surface area contributed by atoms with Crippen LogP contribution >= 0.6 is 0 Å². The van der Waals surface area contributed by atoms with Gasteiger partial charge in [0.05, 0.1) is 0 Å². The van der Waals surface area contributed by atoms with Crippen molar-refractivity contribution in [3.63, 3.8) is 0 Å². The molecule has 0 atom stereocenters. The molecule has 0 saturated heterocycles. The van der Waals surface area contributed by atoms with Crippen molar-refractivity contribution in [1.29, 1.82) is 0 Å². The van der Waals surface area contributed by atoms with Gasteiger partial charge in [0.15, 0.2) is 0 Å². The number of hydrogen-bond donors (Lipinski definition) is 2. The van der Waals surface area contributed by atoms with Crippen molar-refractivity contribution in [1.82, 2.24) is 10.2 Å². The van der Waals surface area contributed by atoms with Gasteiger partial charge in [-0.15, -0.1) is 0 Å². The molecule has 1 fully saturated rings. The van der Waals surface area contributed by atoms with Crippen molar-refractivity contribution >= 4 is 5.91 Å². The molecule has 4 nitrogen and oxygen atoms in total. The number of carbonyl (C=O) groups excluding carboxylic acids is 1. The van der Waals surface area contributed by atoms with Crippen LogP contribution in [0.25, 0.3) is 0 Å². The van der Waals surface area contributed by atoms with Gasteiger partial charge in [-0.25, -0.2) is 0 Å². The Morgan fingerprint density at radius 3 is 2.37 bits per heavy atom. The van der Waals surface area contributed by atoms with Gasteiger partial charge in [-0.05, 0) is 64.2 Å². The van der Waals surface area contributed by atoms with Gasteiger partial charge < -0.3 is 16.0 Å². The van der Waals surface area contributed by atoms with Crippen LogP contribution in [0.5, 0.6) is 0 Å². The van der Waals surface area contributed by atoms with E-state index in [1.807, 2.05) is 0 Å². The molecule has 0 aliphatic heterocycles. The van der Waals surface area contributed by atoms with E-state index in [1.54, 1.807) is 0 Å². The van der Waals surface area contributed by atoms with Crippen LogP contribution < -0.4 is 11.1 Å². The second kappa shape index (κ2) is 9.32. The Morgan fingerprint density at radius 2 is 1.84 bits per heavy atom. The first-order valence-corrected chi connectivity index (χ1v) is 7.91. The Hall–Kier alpha value is -0.610. The third-order valence-corrected chi connectivity index (χ3v) is 4.40. The number of nitrogens with two attached hydrogens (primary N) is 1. The van der Waals surface area contributed by atoms with E-state index >= 15 is 0 Å². The molecular weight excluding hydrogens is 238 g/mol. The van der Waals surface area contributed by atoms with Gasteiger partial charge in [-0.1, -0.05) is 13.8 Å². The van der Waals surface area contributed by atoms with Crippen LogP contribution in [0.2, 0.25) is 0 Å². The van der Waals surface area contributed by atoms with E-state index in [1.165, 1.54) is 0 Å². The zero-order valence-corrected chi connectivity index (χ0v) is 12.7. The van der Waals surface area contributed by atoms with Crippen LogP contribution in [0.4, 0.5) is 0 Å². The molecule has 112 valence electrons. The molecule has 0 aromatic heterocycles. The lowest BCUT2D eigenvalue weighted by Crippen LogP contribution is -2.36. The number of carbonyl (C=O) groups is 1. The molecule has 1 saturated carbocycles. The molecule has 0 radical (unpaired) electrons. The summed E-state index contributed by atoms with van der Waals surface area (Å²) >= 11 is 0. The number of hydrogen-bond acceptors (Lipinski definition) is 3. The summed E-state index contributed by atoms with van der Waals surface area (Å²) in [6.07, 6.45) is 5.32. The van der Waals surface area contributed by atoms with E-state index < -0.39 is 0 Å². The third-order valence-electron chi connectivity index (χ3n) is 4.40. The molecule has 1 rings (SSSR count). The zero-order valence-electron chi connectivity index (χ0n) is 12.7. The predicted molar refractivity (Wildman–Crippen MR) is 79.9 cm³/mol. The number of rotatable bonds is 8. The Balaban J connectivity index is 2.11. The van der Waals surface area contributed by atoms with Gasteiger partial charge >= 0.3 is 0 Å². The maximum Gasteiger partial charge on any atom is 0.223 e. The van der Waals surface area contributed by atoms with Gasteiger partial charge in [-0.2, -0.15) is 0 Å². The average molecular weight is 269 g/mol. The molecule has 0 aromatic rings. The fourth-order valence-electron chi connectivity index (χ4n) is 2.86. The van der Waals surface area contributed by atoms with Crippen LogP contribution in [0.1, 0.15) is 46.0 Å². The van der Waals surface area contributed by atoms with Gasteiger partial charge in [0.25, 0.3) is 0 Å². The van der Waals surface area contributed by atoms with E-state index in [-0.39, 0.29) is 11.8 Å². The minimum absolute atomic E-state index is 0.233. The zero-order chi connectivity index (χ0) is 14.1. The quantitative estimate of drug-likeness (QED) is 0.658. The summed E-state index contributed by atoms with van der Waals surface area (Å²) < 4.78 is 0. The minimum Gasteiger partial charge on any atom is -0.356 e. The van der Waals surface area contributed by atoms with Crippen molar-refractivity contribution in [2.45, 2.75) is 46.0 Å². The molecule has 4 heteroatoms. The van der Waals surface area contributed by atoms with E-state index in [0.29, 0.717) is 5.92 Å². The Kier molecular flexibility index (Phi) is 8.07. The predicted octanol–water partition coefficient (Wildman–Crippen LogP) is 1.60. The van der Waals surface area contributed by atoms with E-state index in [2.05, 4.69) is 24.1 Å². The first kappa shape index (κ1) is 16.4. The second-order valence-electron chi connectivity index (χ2n) is 5.62. The number of nitrogens with zero attached hydrogens (tertiary/aromatic N) is 1. The largest absolute Gasteiger partial charge is 0.356 e. The summed E-state index contributed by atoms with van der Waals surface area (Å²) in [6, 6.07) is 0. The fraction of sp³-hybridized carbons (Fsp3) is 0.933. The minimum atomic E-state index is 0.233. The summed E-state index contributed by atoms with van der Waals surface area (Å²) in [7, 11) is 0. The maximum atomic E-state index is 12.0. The van der Waals surface area contributed by atoms with Crippen molar-refractivity contribution in [3.8, 4) is 0 Å². The highest BCUT2D eigenvalue weighted by molar-refractivity contribution is 5.78. The average Bonchev–Trinajstić information content (AvgIpc) is 2.47. The molecule has 0 bridgehead atoms. The van der Waals surface area contributed by atoms with E-state index in [0.717, 1.165) is 64.8 Å². The molecule has 0 spiro atoms. The van der Waals surface area contributed by atoms with E-state index in [4.69, 9.17) is 5.73 Å². The second-order valence-corrected chi connectivity index (χ2v) is 5.62. The van der Waals surface area contributed by atoms with Gasteiger partial charge in [0.1, 0.15) is 0 Å². The third kappa shape index (κ3) is 5.91. The lowest BCUT2D eigenvalue weighted by Gasteiger charge is -2.27. The molecule has 19 heavy (non-hydrogen) atoms. The van der Waals surface area contributed by atoms with Crippen molar-refractivity contribution < 1.29 is 4.79 Å². The summed E-state index contributed by atoms with van der Waals surface area (Å²) in [4.78, 5) is 14.4. The molecule has 0 heterocycles. The highest BCUT2D eigenvalue weighted by atomic mass is 16.1. The summed E-state index contributed by atoms with van der Waals surface area (Å²) in [5.74, 6) is 1.14. The molecule has 1 aliphatic carbocycles.